The van der Waals surface area contributed by atoms with E-state index < -0.39 is 16.7 Å². The van der Waals surface area contributed by atoms with Gasteiger partial charge in [-0.05, 0) is 47.5 Å². The second-order valence-electron chi connectivity index (χ2n) is 7.11. The summed E-state index contributed by atoms with van der Waals surface area (Å²) in [7, 11) is 0. The van der Waals surface area contributed by atoms with E-state index in [9.17, 15) is 19.7 Å². The molecular formula is C19H19BrN4O4S. The molecule has 0 bridgehead atoms. The van der Waals surface area contributed by atoms with Crippen molar-refractivity contribution in [1.82, 2.24) is 16.2 Å². The molecule has 0 aliphatic heterocycles. The molecular weight excluding hydrogens is 460 g/mol. The minimum atomic E-state index is -0.561. The van der Waals surface area contributed by atoms with Gasteiger partial charge in [-0.1, -0.05) is 42.8 Å². The van der Waals surface area contributed by atoms with Crippen molar-refractivity contribution in [3.05, 3.63) is 73.7 Å². The zero-order valence-electron chi connectivity index (χ0n) is 15.9. The number of hydrogen-bond acceptors (Lipinski definition) is 5. The fourth-order valence-electron chi connectivity index (χ4n) is 2.39. The first kappa shape index (κ1) is 22.4. The zero-order chi connectivity index (χ0) is 21.8. The Labute approximate surface area is 181 Å². The van der Waals surface area contributed by atoms with Gasteiger partial charge in [0.2, 0.25) is 0 Å². The van der Waals surface area contributed by atoms with E-state index in [0.29, 0.717) is 5.56 Å². The monoisotopic (exact) mass is 478 g/mol. The van der Waals surface area contributed by atoms with Crippen LogP contribution >= 0.6 is 28.1 Å². The second-order valence-corrected chi connectivity index (χ2v) is 8.37. The first-order valence-electron chi connectivity index (χ1n) is 8.45. The van der Waals surface area contributed by atoms with Gasteiger partial charge in [0.15, 0.2) is 5.11 Å². The molecule has 0 spiro atoms. The lowest BCUT2D eigenvalue weighted by Crippen LogP contribution is -2.48. The second kappa shape index (κ2) is 9.10. The van der Waals surface area contributed by atoms with Crippen LogP contribution in [-0.4, -0.2) is 21.9 Å². The third-order valence-electron chi connectivity index (χ3n) is 3.90. The van der Waals surface area contributed by atoms with Crippen molar-refractivity contribution in [2.45, 2.75) is 26.2 Å². The van der Waals surface area contributed by atoms with E-state index in [1.165, 1.54) is 24.3 Å². The average Bonchev–Trinajstić information content (AvgIpc) is 2.65. The van der Waals surface area contributed by atoms with Gasteiger partial charge < -0.3 is 0 Å². The number of nitro groups is 1. The summed E-state index contributed by atoms with van der Waals surface area (Å²) in [5.74, 6) is -0.998. The molecule has 8 nitrogen and oxygen atoms in total. The molecule has 2 aromatic carbocycles. The molecule has 3 N–H and O–H groups in total. The average molecular weight is 479 g/mol. The van der Waals surface area contributed by atoms with E-state index >= 15 is 0 Å². The predicted octanol–water partition coefficient (Wildman–Crippen LogP) is 3.60. The Morgan fingerprint density at radius 1 is 1.00 bits per heavy atom. The van der Waals surface area contributed by atoms with Crippen molar-refractivity contribution in [3.63, 3.8) is 0 Å². The quantitative estimate of drug-likeness (QED) is 0.352. The summed E-state index contributed by atoms with van der Waals surface area (Å²) in [6, 6.07) is 10.3. The Hall–Kier alpha value is -2.85. The number of rotatable bonds is 3. The third kappa shape index (κ3) is 6.06. The molecule has 2 aromatic rings. The number of halogens is 1. The molecule has 0 saturated carbocycles. The molecule has 152 valence electrons. The van der Waals surface area contributed by atoms with Crippen molar-refractivity contribution < 1.29 is 14.5 Å². The number of carbonyl (C=O) groups excluding carboxylic acids is 2. The van der Waals surface area contributed by atoms with Gasteiger partial charge in [0.25, 0.3) is 17.5 Å². The Morgan fingerprint density at radius 3 is 2.10 bits per heavy atom. The molecule has 0 heterocycles. The van der Waals surface area contributed by atoms with E-state index in [1.807, 2.05) is 6.07 Å². The number of nitrogens with one attached hydrogen (secondary N) is 3. The molecule has 0 aromatic heterocycles. The highest BCUT2D eigenvalue weighted by atomic mass is 79.9. The van der Waals surface area contributed by atoms with Crippen LogP contribution in [0.1, 0.15) is 47.1 Å². The summed E-state index contributed by atoms with van der Waals surface area (Å²) in [6.45, 7) is 6.21. The molecule has 0 atom stereocenters. The summed E-state index contributed by atoms with van der Waals surface area (Å²) < 4.78 is 0.808. The highest BCUT2D eigenvalue weighted by Crippen LogP contribution is 2.30. The first-order chi connectivity index (χ1) is 13.5. The maximum absolute atomic E-state index is 12.3. The van der Waals surface area contributed by atoms with Crippen LogP contribution in [0.15, 0.2) is 46.9 Å². The van der Waals surface area contributed by atoms with E-state index in [4.69, 9.17) is 12.2 Å². The van der Waals surface area contributed by atoms with Gasteiger partial charge >= 0.3 is 0 Å². The van der Waals surface area contributed by atoms with Crippen molar-refractivity contribution in [1.29, 1.82) is 0 Å². The Morgan fingerprint density at radius 2 is 1.59 bits per heavy atom. The molecule has 29 heavy (non-hydrogen) atoms. The normalized spacial score (nSPS) is 10.8. The van der Waals surface area contributed by atoms with Gasteiger partial charge in [-0.2, -0.15) is 0 Å². The predicted molar refractivity (Wildman–Crippen MR) is 117 cm³/mol. The smallest absolute Gasteiger partial charge is 0.269 e. The van der Waals surface area contributed by atoms with E-state index in [2.05, 4.69) is 52.9 Å². The first-order valence-corrected chi connectivity index (χ1v) is 9.65. The highest BCUT2D eigenvalue weighted by Gasteiger charge is 2.19. The van der Waals surface area contributed by atoms with E-state index in [0.717, 1.165) is 10.0 Å². The lowest BCUT2D eigenvalue weighted by Gasteiger charge is -2.21. The Balaban J connectivity index is 1.93. The molecule has 0 radical (unpaired) electrons. The SMILES string of the molecule is CC(C)(C)c1ccc(C(=O)NC(=S)NNC(=O)c2ccc([N+](=O)[O-])cc2)cc1Br. The van der Waals surface area contributed by atoms with E-state index in [-0.39, 0.29) is 21.8 Å². The molecule has 10 heteroatoms. The van der Waals surface area contributed by atoms with Gasteiger partial charge in [-0.25, -0.2) is 0 Å². The molecule has 0 fully saturated rings. The van der Waals surface area contributed by atoms with Gasteiger partial charge in [0.05, 0.1) is 4.92 Å². The maximum Gasteiger partial charge on any atom is 0.269 e. The molecule has 2 rings (SSSR count). The molecule has 0 saturated heterocycles. The molecule has 0 unspecified atom stereocenters. The minimum Gasteiger partial charge on any atom is -0.298 e. The zero-order valence-corrected chi connectivity index (χ0v) is 18.3. The third-order valence-corrected chi connectivity index (χ3v) is 4.76. The summed E-state index contributed by atoms with van der Waals surface area (Å²) in [5.41, 5.74) is 6.20. The van der Waals surface area contributed by atoms with Crippen LogP contribution in [0, 0.1) is 10.1 Å². The number of amides is 2. The van der Waals surface area contributed by atoms with Gasteiger partial charge in [0.1, 0.15) is 0 Å². The van der Waals surface area contributed by atoms with E-state index in [1.54, 1.807) is 12.1 Å². The standard InChI is InChI=1S/C19H19BrN4O4S/c1-19(2,3)14-9-6-12(10-15(14)20)16(25)21-18(29)23-22-17(26)11-4-7-13(8-5-11)24(27)28/h4-10H,1-3H3,(H,22,26)(H2,21,23,25,29). The number of hydrogen-bond donors (Lipinski definition) is 3. The summed E-state index contributed by atoms with van der Waals surface area (Å²) >= 11 is 8.49. The number of thiocarbonyl (C=S) groups is 1. The number of benzene rings is 2. The lowest BCUT2D eigenvalue weighted by molar-refractivity contribution is -0.384. The fourth-order valence-corrected chi connectivity index (χ4v) is 3.51. The van der Waals surface area contributed by atoms with Gasteiger partial charge in [0, 0.05) is 27.7 Å². The minimum absolute atomic E-state index is 0.0765. The largest absolute Gasteiger partial charge is 0.298 e. The topological polar surface area (TPSA) is 113 Å². The highest BCUT2D eigenvalue weighted by molar-refractivity contribution is 9.10. The van der Waals surface area contributed by atoms with Crippen molar-refractivity contribution in [3.8, 4) is 0 Å². The van der Waals surface area contributed by atoms with Crippen LogP contribution < -0.4 is 16.2 Å². The molecule has 0 aliphatic carbocycles. The maximum atomic E-state index is 12.3. The van der Waals surface area contributed by atoms with Crippen LogP contribution in [0.4, 0.5) is 5.69 Å². The number of non-ortho nitro benzene ring substituents is 1. The molecule has 2 amide bonds. The van der Waals surface area contributed by atoms with Crippen molar-refractivity contribution in [2.24, 2.45) is 0 Å². The number of nitro benzene ring substituents is 1. The van der Waals surface area contributed by atoms with Crippen LogP contribution in [0.3, 0.4) is 0 Å². The van der Waals surface area contributed by atoms with Crippen LogP contribution in [0.5, 0.6) is 0 Å². The lowest BCUT2D eigenvalue weighted by atomic mass is 9.86. The number of nitrogens with zero attached hydrogens (tertiary/aromatic N) is 1. The molecule has 0 aliphatic rings. The van der Waals surface area contributed by atoms with Crippen molar-refractivity contribution >= 4 is 50.8 Å². The van der Waals surface area contributed by atoms with Gasteiger partial charge in [-0.3, -0.25) is 35.9 Å². The number of carbonyl (C=O) groups is 2. The Bertz CT molecular complexity index is 971. The van der Waals surface area contributed by atoms with Crippen molar-refractivity contribution in [2.75, 3.05) is 0 Å². The van der Waals surface area contributed by atoms with Gasteiger partial charge in [-0.15, -0.1) is 0 Å². The Kier molecular flexibility index (Phi) is 7.04. The summed E-state index contributed by atoms with van der Waals surface area (Å²) in [6.07, 6.45) is 0. The van der Waals surface area contributed by atoms with Crippen LogP contribution in [-0.2, 0) is 5.41 Å². The number of hydrazine groups is 1. The van der Waals surface area contributed by atoms with Crippen LogP contribution in [0.2, 0.25) is 0 Å². The summed E-state index contributed by atoms with van der Waals surface area (Å²) in [5, 5.41) is 13.0. The van der Waals surface area contributed by atoms with Crippen LogP contribution in [0.25, 0.3) is 0 Å². The fraction of sp³-hybridized carbons (Fsp3) is 0.211. The summed E-state index contributed by atoms with van der Waals surface area (Å²) in [4.78, 5) is 34.5.